The maximum atomic E-state index is 12.3. The molecule has 3 rings (SSSR count). The summed E-state index contributed by atoms with van der Waals surface area (Å²) in [5.74, 6) is -0.119. The fraction of sp³-hybridized carbons (Fsp3) is 0.471. The van der Waals surface area contributed by atoms with Crippen molar-refractivity contribution in [3.8, 4) is 0 Å². The largest absolute Gasteiger partial charge is 0.511 e. The summed E-state index contributed by atoms with van der Waals surface area (Å²) in [5, 5.41) is 10.6. The predicted octanol–water partition coefficient (Wildman–Crippen LogP) is 3.72. The summed E-state index contributed by atoms with van der Waals surface area (Å²) in [6, 6.07) is 9.88. The monoisotopic (exact) mass is 272 g/mol. The Morgan fingerprint density at radius 3 is 2.75 bits per heavy atom. The van der Waals surface area contributed by atoms with Gasteiger partial charge in [0.25, 0.3) is 0 Å². The van der Waals surface area contributed by atoms with Crippen LogP contribution in [0.3, 0.4) is 0 Å². The summed E-state index contributed by atoms with van der Waals surface area (Å²) in [7, 11) is 0. The molecule has 3 atom stereocenters. The Labute approximate surface area is 119 Å². The van der Waals surface area contributed by atoms with Gasteiger partial charge in [0, 0.05) is 5.92 Å². The molecule has 1 aromatic carbocycles. The fourth-order valence-electron chi connectivity index (χ4n) is 3.50. The topological polar surface area (TPSA) is 46.5 Å². The molecule has 106 valence electrons. The minimum atomic E-state index is -0.332. The summed E-state index contributed by atoms with van der Waals surface area (Å²) < 4.78 is 5.54. The average molecular weight is 272 g/mol. The van der Waals surface area contributed by atoms with E-state index >= 15 is 0 Å². The van der Waals surface area contributed by atoms with Crippen LogP contribution >= 0.6 is 0 Å². The zero-order valence-corrected chi connectivity index (χ0v) is 11.7. The summed E-state index contributed by atoms with van der Waals surface area (Å²) in [6.07, 6.45) is 3.46. The lowest BCUT2D eigenvalue weighted by molar-refractivity contribution is -0.149. The first-order valence-corrected chi connectivity index (χ1v) is 7.41. The second-order valence-corrected chi connectivity index (χ2v) is 5.65. The van der Waals surface area contributed by atoms with E-state index in [9.17, 15) is 9.90 Å². The maximum Gasteiger partial charge on any atom is 0.338 e. The van der Waals surface area contributed by atoms with Crippen LogP contribution in [0.2, 0.25) is 0 Å². The number of ether oxygens (including phenoxy) is 1. The number of benzene rings is 1. The van der Waals surface area contributed by atoms with Gasteiger partial charge in [-0.25, -0.2) is 4.79 Å². The lowest BCUT2D eigenvalue weighted by Gasteiger charge is -2.30. The molecule has 20 heavy (non-hydrogen) atoms. The highest BCUT2D eigenvalue weighted by Crippen LogP contribution is 2.42. The Morgan fingerprint density at radius 2 is 2.05 bits per heavy atom. The molecule has 0 bridgehead atoms. The number of aliphatic hydroxyl groups excluding tert-OH is 1. The molecule has 1 aromatic rings. The molecule has 2 aliphatic rings. The second kappa shape index (κ2) is 5.31. The van der Waals surface area contributed by atoms with Gasteiger partial charge < -0.3 is 9.84 Å². The van der Waals surface area contributed by atoms with E-state index in [0.717, 1.165) is 31.2 Å². The second-order valence-electron chi connectivity index (χ2n) is 5.65. The van der Waals surface area contributed by atoms with Gasteiger partial charge in [0.2, 0.25) is 0 Å². The Kier molecular flexibility index (Phi) is 3.51. The third kappa shape index (κ3) is 2.11. The smallest absolute Gasteiger partial charge is 0.338 e. The van der Waals surface area contributed by atoms with E-state index in [1.165, 1.54) is 0 Å². The maximum absolute atomic E-state index is 12.3. The molecule has 1 aliphatic heterocycles. The molecule has 1 fully saturated rings. The quantitative estimate of drug-likeness (QED) is 0.853. The molecule has 0 spiro atoms. The number of carbonyl (C=O) groups is 1. The zero-order valence-electron chi connectivity index (χ0n) is 11.7. The van der Waals surface area contributed by atoms with E-state index < -0.39 is 0 Å². The van der Waals surface area contributed by atoms with Crippen LogP contribution in [-0.2, 0) is 9.53 Å². The Balaban J connectivity index is 2.01. The summed E-state index contributed by atoms with van der Waals surface area (Å²) in [5.41, 5.74) is 1.53. The van der Waals surface area contributed by atoms with Crippen molar-refractivity contribution in [3.63, 3.8) is 0 Å². The average Bonchev–Trinajstić information content (AvgIpc) is 2.92. The van der Waals surface area contributed by atoms with Crippen molar-refractivity contribution in [3.05, 3.63) is 47.2 Å². The number of hydrogen-bond acceptors (Lipinski definition) is 3. The van der Waals surface area contributed by atoms with Gasteiger partial charge in [0.15, 0.2) is 0 Å². The molecule has 0 saturated heterocycles. The van der Waals surface area contributed by atoms with E-state index in [0.29, 0.717) is 5.57 Å². The third-order valence-corrected chi connectivity index (χ3v) is 4.52. The molecule has 0 unspecified atom stereocenters. The molecule has 1 N–H and O–H groups in total. The molecule has 0 amide bonds. The van der Waals surface area contributed by atoms with Gasteiger partial charge in [-0.3, -0.25) is 0 Å². The van der Waals surface area contributed by atoms with Crippen LogP contribution < -0.4 is 0 Å². The van der Waals surface area contributed by atoms with Gasteiger partial charge in [0.05, 0.1) is 11.5 Å². The first-order valence-electron chi connectivity index (χ1n) is 7.41. The molecule has 1 heterocycles. The molecular formula is C17H20O3. The van der Waals surface area contributed by atoms with Crippen molar-refractivity contribution in [2.75, 3.05) is 0 Å². The van der Waals surface area contributed by atoms with E-state index in [1.807, 2.05) is 37.3 Å². The van der Waals surface area contributed by atoms with Gasteiger partial charge in [-0.15, -0.1) is 0 Å². The van der Waals surface area contributed by atoms with Crippen LogP contribution in [0.15, 0.2) is 41.7 Å². The number of fused-ring (bicyclic) bond motifs is 1. The molecule has 3 nitrogen and oxygen atoms in total. The molecule has 3 heteroatoms. The van der Waals surface area contributed by atoms with Crippen molar-refractivity contribution in [1.29, 1.82) is 0 Å². The minimum Gasteiger partial charge on any atom is -0.511 e. The first kappa shape index (κ1) is 13.2. The van der Waals surface area contributed by atoms with Gasteiger partial charge in [-0.1, -0.05) is 37.3 Å². The SMILES string of the molecule is CC[C@H](C1=C(O)[C@@H]2CCC[C@@H]2OC1=O)c1ccccc1. The number of hydrogen-bond donors (Lipinski definition) is 1. The van der Waals surface area contributed by atoms with E-state index in [4.69, 9.17) is 4.74 Å². The van der Waals surface area contributed by atoms with Crippen LogP contribution in [0, 0.1) is 5.92 Å². The lowest BCUT2D eigenvalue weighted by atomic mass is 9.83. The highest BCUT2D eigenvalue weighted by atomic mass is 16.5. The van der Waals surface area contributed by atoms with Crippen molar-refractivity contribution < 1.29 is 14.6 Å². The standard InChI is InChI=1S/C17H20O3/c1-2-12(11-7-4-3-5-8-11)15-16(18)13-9-6-10-14(13)20-17(15)19/h3-5,7-8,12-14,18H,2,6,9-10H2,1H3/t12-,13+,14-/m0/s1. The van der Waals surface area contributed by atoms with E-state index in [-0.39, 0.29) is 29.7 Å². The summed E-state index contributed by atoms with van der Waals surface area (Å²) in [6.45, 7) is 2.03. The third-order valence-electron chi connectivity index (χ3n) is 4.52. The summed E-state index contributed by atoms with van der Waals surface area (Å²) >= 11 is 0. The number of carbonyl (C=O) groups excluding carboxylic acids is 1. The van der Waals surface area contributed by atoms with Crippen LogP contribution in [0.5, 0.6) is 0 Å². The van der Waals surface area contributed by atoms with Gasteiger partial charge in [-0.2, -0.15) is 0 Å². The Bertz CT molecular complexity index is 532. The molecule has 1 saturated carbocycles. The zero-order chi connectivity index (χ0) is 14.1. The van der Waals surface area contributed by atoms with Gasteiger partial charge >= 0.3 is 5.97 Å². The van der Waals surface area contributed by atoms with Crippen LogP contribution in [0.25, 0.3) is 0 Å². The van der Waals surface area contributed by atoms with Crippen LogP contribution in [0.4, 0.5) is 0 Å². The molecule has 1 aliphatic carbocycles. The van der Waals surface area contributed by atoms with Crippen molar-refractivity contribution >= 4 is 5.97 Å². The number of rotatable bonds is 3. The Morgan fingerprint density at radius 1 is 1.30 bits per heavy atom. The fourth-order valence-corrected chi connectivity index (χ4v) is 3.50. The minimum absolute atomic E-state index is 0.0143. The number of aliphatic hydroxyl groups is 1. The molecule has 0 radical (unpaired) electrons. The van der Waals surface area contributed by atoms with Crippen molar-refractivity contribution in [1.82, 2.24) is 0 Å². The molecular weight excluding hydrogens is 252 g/mol. The predicted molar refractivity (Wildman–Crippen MR) is 76.3 cm³/mol. The summed E-state index contributed by atoms with van der Waals surface area (Å²) in [4.78, 5) is 12.3. The van der Waals surface area contributed by atoms with E-state index in [1.54, 1.807) is 0 Å². The van der Waals surface area contributed by atoms with Gasteiger partial charge in [-0.05, 0) is 31.2 Å². The first-order chi connectivity index (χ1) is 9.72. The molecule has 0 aromatic heterocycles. The van der Waals surface area contributed by atoms with Gasteiger partial charge in [0.1, 0.15) is 11.9 Å². The van der Waals surface area contributed by atoms with Crippen LogP contribution in [-0.4, -0.2) is 17.2 Å². The van der Waals surface area contributed by atoms with Crippen molar-refractivity contribution in [2.24, 2.45) is 5.92 Å². The lowest BCUT2D eigenvalue weighted by Crippen LogP contribution is -2.33. The highest BCUT2D eigenvalue weighted by molar-refractivity contribution is 5.92. The normalized spacial score (nSPS) is 27.1. The van der Waals surface area contributed by atoms with Crippen molar-refractivity contribution in [2.45, 2.75) is 44.6 Å². The highest BCUT2D eigenvalue weighted by Gasteiger charge is 2.42. The number of esters is 1. The Hall–Kier alpha value is -1.77. The van der Waals surface area contributed by atoms with E-state index in [2.05, 4.69) is 0 Å². The van der Waals surface area contributed by atoms with Crippen LogP contribution in [0.1, 0.15) is 44.1 Å².